The Kier molecular flexibility index (Phi) is 4.19. The van der Waals surface area contributed by atoms with E-state index in [4.69, 9.17) is 18.9 Å². The Morgan fingerprint density at radius 2 is 1.96 bits per heavy atom. The molecular formula is C20H17NO6. The van der Waals surface area contributed by atoms with Gasteiger partial charge in [0.2, 0.25) is 12.2 Å². The minimum atomic E-state index is -0.684. The highest BCUT2D eigenvalue weighted by atomic mass is 16.7. The number of aromatic amines is 1. The van der Waals surface area contributed by atoms with E-state index in [9.17, 15) is 9.59 Å². The maximum Gasteiger partial charge on any atom is 0.344 e. The number of nitrogens with one attached hydrogen (secondary N) is 1. The SMILES string of the molecule is CCOC(=O)c1c(-c2ccc3c(c2)OCO3)[nH]c2ccc(OC)cc2c1=O. The van der Waals surface area contributed by atoms with Crippen molar-refractivity contribution < 1.29 is 23.7 Å². The van der Waals surface area contributed by atoms with Gasteiger partial charge in [0.15, 0.2) is 11.5 Å². The van der Waals surface area contributed by atoms with Crippen LogP contribution < -0.4 is 19.6 Å². The molecule has 7 heteroatoms. The molecule has 0 bridgehead atoms. The number of methoxy groups -OCH3 is 1. The summed E-state index contributed by atoms with van der Waals surface area (Å²) in [5.41, 5.74) is 1.10. The van der Waals surface area contributed by atoms with Crippen LogP contribution in [0.4, 0.5) is 0 Å². The van der Waals surface area contributed by atoms with Gasteiger partial charge in [-0.1, -0.05) is 0 Å². The highest BCUT2D eigenvalue weighted by molar-refractivity contribution is 6.00. The van der Waals surface area contributed by atoms with Crippen LogP contribution in [-0.2, 0) is 4.74 Å². The summed E-state index contributed by atoms with van der Waals surface area (Å²) in [6, 6.07) is 10.3. The van der Waals surface area contributed by atoms with Crippen molar-refractivity contribution in [3.05, 3.63) is 52.2 Å². The van der Waals surface area contributed by atoms with Gasteiger partial charge in [0, 0.05) is 5.56 Å². The van der Waals surface area contributed by atoms with Crippen molar-refractivity contribution in [1.29, 1.82) is 0 Å². The Hall–Kier alpha value is -3.48. The third-order valence-corrected chi connectivity index (χ3v) is 4.35. The highest BCUT2D eigenvalue weighted by Crippen LogP contribution is 2.36. The molecule has 0 fully saturated rings. The number of benzene rings is 2. The lowest BCUT2D eigenvalue weighted by Gasteiger charge is -2.12. The summed E-state index contributed by atoms with van der Waals surface area (Å²) in [6.45, 7) is 1.99. The fraction of sp³-hybridized carbons (Fsp3) is 0.200. The van der Waals surface area contributed by atoms with Gasteiger partial charge < -0.3 is 23.9 Å². The molecule has 0 saturated heterocycles. The number of carbonyl (C=O) groups excluding carboxylic acids is 1. The van der Waals surface area contributed by atoms with Gasteiger partial charge in [-0.15, -0.1) is 0 Å². The Morgan fingerprint density at radius 3 is 2.74 bits per heavy atom. The Balaban J connectivity index is 1.99. The van der Waals surface area contributed by atoms with E-state index in [0.29, 0.717) is 39.4 Å². The minimum absolute atomic E-state index is 0.0588. The van der Waals surface area contributed by atoms with Gasteiger partial charge in [0.1, 0.15) is 11.3 Å². The van der Waals surface area contributed by atoms with Crippen molar-refractivity contribution in [1.82, 2.24) is 4.98 Å². The molecule has 0 unspecified atom stereocenters. The molecule has 7 nitrogen and oxygen atoms in total. The molecule has 27 heavy (non-hydrogen) atoms. The van der Waals surface area contributed by atoms with Gasteiger partial charge >= 0.3 is 5.97 Å². The molecule has 1 aliphatic heterocycles. The molecule has 0 radical (unpaired) electrons. The van der Waals surface area contributed by atoms with Gasteiger partial charge in [-0.2, -0.15) is 0 Å². The number of ether oxygens (including phenoxy) is 4. The van der Waals surface area contributed by atoms with Crippen molar-refractivity contribution in [2.75, 3.05) is 20.5 Å². The molecule has 0 amide bonds. The Labute approximate surface area is 154 Å². The second kappa shape index (κ2) is 6.68. The molecule has 1 N–H and O–H groups in total. The van der Waals surface area contributed by atoms with Crippen LogP contribution in [0.25, 0.3) is 22.2 Å². The van der Waals surface area contributed by atoms with E-state index in [1.54, 1.807) is 43.3 Å². The first kappa shape index (κ1) is 17.0. The summed E-state index contributed by atoms with van der Waals surface area (Å²) >= 11 is 0. The van der Waals surface area contributed by atoms with Crippen molar-refractivity contribution in [3.8, 4) is 28.5 Å². The van der Waals surface area contributed by atoms with E-state index in [2.05, 4.69) is 4.98 Å². The lowest BCUT2D eigenvalue weighted by molar-refractivity contribution is 0.0525. The predicted molar refractivity (Wildman–Crippen MR) is 98.6 cm³/mol. The van der Waals surface area contributed by atoms with Gasteiger partial charge in [0.25, 0.3) is 0 Å². The van der Waals surface area contributed by atoms with E-state index in [0.717, 1.165) is 0 Å². The average Bonchev–Trinajstić information content (AvgIpc) is 3.15. The first-order chi connectivity index (χ1) is 13.1. The number of rotatable bonds is 4. The molecule has 0 atom stereocenters. The van der Waals surface area contributed by atoms with Crippen molar-refractivity contribution >= 4 is 16.9 Å². The quantitative estimate of drug-likeness (QED) is 0.713. The molecule has 2 heterocycles. The zero-order valence-corrected chi connectivity index (χ0v) is 14.8. The van der Waals surface area contributed by atoms with Crippen LogP contribution in [0.15, 0.2) is 41.2 Å². The fourth-order valence-electron chi connectivity index (χ4n) is 3.06. The van der Waals surface area contributed by atoms with E-state index in [1.165, 1.54) is 7.11 Å². The van der Waals surface area contributed by atoms with Gasteiger partial charge in [-0.05, 0) is 43.3 Å². The third kappa shape index (κ3) is 2.87. The fourth-order valence-corrected chi connectivity index (χ4v) is 3.06. The molecule has 2 aromatic carbocycles. The van der Waals surface area contributed by atoms with Crippen molar-refractivity contribution in [2.45, 2.75) is 6.92 Å². The molecule has 4 rings (SSSR count). The number of pyridine rings is 1. The standard InChI is InChI=1S/C20H17NO6/c1-3-25-20(23)17-18(11-4-7-15-16(8-11)27-10-26-15)21-14-6-5-12(24-2)9-13(14)19(17)22/h4-9H,3,10H2,1-2H3,(H,21,22). The third-order valence-electron chi connectivity index (χ3n) is 4.35. The smallest absolute Gasteiger partial charge is 0.344 e. The Bertz CT molecular complexity index is 1100. The second-order valence-electron chi connectivity index (χ2n) is 5.90. The number of esters is 1. The summed E-state index contributed by atoms with van der Waals surface area (Å²) < 4.78 is 21.0. The van der Waals surface area contributed by atoms with E-state index >= 15 is 0 Å². The number of hydrogen-bond acceptors (Lipinski definition) is 6. The molecule has 1 aromatic heterocycles. The van der Waals surface area contributed by atoms with Gasteiger partial charge in [-0.25, -0.2) is 4.79 Å². The number of H-pyrrole nitrogens is 1. The largest absolute Gasteiger partial charge is 0.497 e. The first-order valence-electron chi connectivity index (χ1n) is 8.43. The maximum absolute atomic E-state index is 13.1. The van der Waals surface area contributed by atoms with Crippen molar-refractivity contribution in [3.63, 3.8) is 0 Å². The zero-order chi connectivity index (χ0) is 19.0. The molecule has 0 saturated carbocycles. The van der Waals surface area contributed by atoms with Crippen LogP contribution >= 0.6 is 0 Å². The van der Waals surface area contributed by atoms with Crippen LogP contribution in [0, 0.1) is 0 Å². The monoisotopic (exact) mass is 367 g/mol. The highest BCUT2D eigenvalue weighted by Gasteiger charge is 2.23. The van der Waals surface area contributed by atoms with Gasteiger partial charge in [0.05, 0.1) is 30.3 Å². The van der Waals surface area contributed by atoms with Crippen molar-refractivity contribution in [2.24, 2.45) is 0 Å². The van der Waals surface area contributed by atoms with Crippen LogP contribution in [0.3, 0.4) is 0 Å². The van der Waals surface area contributed by atoms with Crippen LogP contribution in [0.1, 0.15) is 17.3 Å². The lowest BCUT2D eigenvalue weighted by Crippen LogP contribution is -2.20. The minimum Gasteiger partial charge on any atom is -0.497 e. The van der Waals surface area contributed by atoms with Gasteiger partial charge in [-0.3, -0.25) is 4.79 Å². The summed E-state index contributed by atoms with van der Waals surface area (Å²) in [4.78, 5) is 28.9. The Morgan fingerprint density at radius 1 is 1.15 bits per heavy atom. The van der Waals surface area contributed by atoms with Crippen LogP contribution in [0.2, 0.25) is 0 Å². The molecule has 138 valence electrons. The summed E-state index contributed by atoms with van der Waals surface area (Å²) in [5.74, 6) is 1.01. The summed E-state index contributed by atoms with van der Waals surface area (Å²) in [6.07, 6.45) is 0. The molecule has 0 aliphatic carbocycles. The summed E-state index contributed by atoms with van der Waals surface area (Å²) in [5, 5.41) is 0.349. The van der Waals surface area contributed by atoms with Crippen LogP contribution in [-0.4, -0.2) is 31.5 Å². The topological polar surface area (TPSA) is 86.8 Å². The molecular weight excluding hydrogens is 350 g/mol. The number of hydrogen-bond donors (Lipinski definition) is 1. The lowest BCUT2D eigenvalue weighted by atomic mass is 10.0. The average molecular weight is 367 g/mol. The van der Waals surface area contributed by atoms with E-state index < -0.39 is 11.4 Å². The zero-order valence-electron chi connectivity index (χ0n) is 14.8. The number of aromatic nitrogens is 1. The predicted octanol–water partition coefficient (Wildman–Crippen LogP) is 3.11. The molecule has 1 aliphatic rings. The molecule has 3 aromatic rings. The first-order valence-corrected chi connectivity index (χ1v) is 8.43. The molecule has 0 spiro atoms. The number of carbonyl (C=O) groups is 1. The number of fused-ring (bicyclic) bond motifs is 2. The normalized spacial score (nSPS) is 12.2. The van der Waals surface area contributed by atoms with E-state index in [-0.39, 0.29) is 19.0 Å². The van der Waals surface area contributed by atoms with Crippen LogP contribution in [0.5, 0.6) is 17.2 Å². The maximum atomic E-state index is 13.1. The van der Waals surface area contributed by atoms with E-state index in [1.807, 2.05) is 0 Å². The second-order valence-corrected chi connectivity index (χ2v) is 5.90. The summed E-state index contributed by atoms with van der Waals surface area (Å²) in [7, 11) is 1.52.